The first-order chi connectivity index (χ1) is 9.38. The molecule has 0 aliphatic carbocycles. The number of ether oxygens (including phenoxy) is 1. The highest BCUT2D eigenvalue weighted by Crippen LogP contribution is 2.28. The smallest absolute Gasteiger partial charge is 0.140 e. The van der Waals surface area contributed by atoms with Gasteiger partial charge in [-0.05, 0) is 24.3 Å². The van der Waals surface area contributed by atoms with E-state index in [0.717, 1.165) is 42.0 Å². The van der Waals surface area contributed by atoms with E-state index in [1.165, 1.54) is 0 Å². The Balaban J connectivity index is 1.72. The van der Waals surface area contributed by atoms with Gasteiger partial charge in [0.2, 0.25) is 0 Å². The first-order valence-corrected chi connectivity index (χ1v) is 7.24. The molecular formula is C14H15N3OS. The molecule has 3 heterocycles. The summed E-state index contributed by atoms with van der Waals surface area (Å²) in [5, 5.41) is 3.21. The number of aromatic nitrogens is 2. The highest BCUT2D eigenvalue weighted by Gasteiger charge is 2.22. The molecule has 0 unspecified atom stereocenters. The van der Waals surface area contributed by atoms with Crippen LogP contribution in [0.4, 0.5) is 5.82 Å². The van der Waals surface area contributed by atoms with Crippen molar-refractivity contribution in [3.05, 3.63) is 17.8 Å². The molecule has 0 atom stereocenters. The topological polar surface area (TPSA) is 38.2 Å². The maximum Gasteiger partial charge on any atom is 0.140 e. The Morgan fingerprint density at radius 1 is 1.42 bits per heavy atom. The molecule has 3 rings (SSSR count). The van der Waals surface area contributed by atoms with Gasteiger partial charge in [0.25, 0.3) is 0 Å². The zero-order valence-electron chi connectivity index (χ0n) is 10.6. The maximum atomic E-state index is 5.60. The van der Waals surface area contributed by atoms with E-state index < -0.39 is 0 Å². The fourth-order valence-electron chi connectivity index (χ4n) is 2.43. The minimum absolute atomic E-state index is 0.284. The van der Waals surface area contributed by atoms with Crippen molar-refractivity contribution in [3.63, 3.8) is 0 Å². The highest BCUT2D eigenvalue weighted by atomic mass is 32.1. The third kappa shape index (κ3) is 2.55. The number of terminal acetylenes is 1. The fourth-order valence-corrected chi connectivity index (χ4v) is 3.16. The number of hydrogen-bond acceptors (Lipinski definition) is 5. The van der Waals surface area contributed by atoms with Gasteiger partial charge in [-0.15, -0.1) is 17.8 Å². The second-order valence-electron chi connectivity index (χ2n) is 4.54. The molecule has 0 aromatic carbocycles. The Kier molecular flexibility index (Phi) is 3.62. The van der Waals surface area contributed by atoms with Crippen LogP contribution in [0.1, 0.15) is 12.8 Å². The largest absolute Gasteiger partial charge is 0.365 e. The van der Waals surface area contributed by atoms with Crippen LogP contribution >= 0.6 is 11.3 Å². The van der Waals surface area contributed by atoms with Crippen molar-refractivity contribution in [2.24, 2.45) is 0 Å². The van der Waals surface area contributed by atoms with E-state index in [4.69, 9.17) is 11.2 Å². The quantitative estimate of drug-likeness (QED) is 0.804. The standard InChI is InChI=1S/C14H15N3OS/c1-2-8-18-11-3-6-17(7-4-11)13-12-5-9-19-14(12)16-10-15-13/h1,5,9-11H,3-4,6-8H2. The number of rotatable bonds is 3. The Bertz CT molecular complexity index is 596. The van der Waals surface area contributed by atoms with Gasteiger partial charge in [0.15, 0.2) is 0 Å². The van der Waals surface area contributed by atoms with Crippen molar-refractivity contribution in [1.82, 2.24) is 9.97 Å². The van der Waals surface area contributed by atoms with Crippen LogP contribution in [0, 0.1) is 12.3 Å². The van der Waals surface area contributed by atoms with Gasteiger partial charge < -0.3 is 9.64 Å². The van der Waals surface area contributed by atoms with Crippen molar-refractivity contribution < 1.29 is 4.74 Å². The molecule has 0 saturated carbocycles. The van der Waals surface area contributed by atoms with E-state index in [2.05, 4.69) is 32.2 Å². The molecule has 5 heteroatoms. The molecule has 2 aromatic rings. The zero-order valence-corrected chi connectivity index (χ0v) is 11.4. The summed E-state index contributed by atoms with van der Waals surface area (Å²) >= 11 is 1.65. The highest BCUT2D eigenvalue weighted by molar-refractivity contribution is 7.16. The number of anilines is 1. The van der Waals surface area contributed by atoms with E-state index in [-0.39, 0.29) is 6.10 Å². The molecule has 0 N–H and O–H groups in total. The van der Waals surface area contributed by atoms with E-state index in [9.17, 15) is 0 Å². The minimum atomic E-state index is 0.284. The molecule has 0 amide bonds. The molecule has 1 saturated heterocycles. The average molecular weight is 273 g/mol. The van der Waals surface area contributed by atoms with Gasteiger partial charge in [0.1, 0.15) is 23.6 Å². The lowest BCUT2D eigenvalue weighted by molar-refractivity contribution is 0.0595. The number of thiophene rings is 1. The summed E-state index contributed by atoms with van der Waals surface area (Å²) in [7, 11) is 0. The van der Waals surface area contributed by atoms with Gasteiger partial charge in [-0.3, -0.25) is 0 Å². The Morgan fingerprint density at radius 2 is 2.26 bits per heavy atom. The summed E-state index contributed by atoms with van der Waals surface area (Å²) in [4.78, 5) is 12.1. The summed E-state index contributed by atoms with van der Waals surface area (Å²) in [6.07, 6.45) is 9.14. The number of piperidine rings is 1. The molecule has 0 radical (unpaired) electrons. The lowest BCUT2D eigenvalue weighted by Gasteiger charge is -2.32. The predicted molar refractivity (Wildman–Crippen MR) is 77.4 cm³/mol. The van der Waals surface area contributed by atoms with Gasteiger partial charge in [-0.1, -0.05) is 5.92 Å². The van der Waals surface area contributed by atoms with Crippen LogP contribution in [0.25, 0.3) is 10.2 Å². The number of hydrogen-bond donors (Lipinski definition) is 0. The van der Waals surface area contributed by atoms with Crippen molar-refractivity contribution in [2.75, 3.05) is 24.6 Å². The van der Waals surface area contributed by atoms with E-state index in [1.54, 1.807) is 17.7 Å². The molecule has 1 fully saturated rings. The van der Waals surface area contributed by atoms with Crippen LogP contribution in [0.3, 0.4) is 0 Å². The zero-order chi connectivity index (χ0) is 13.1. The van der Waals surface area contributed by atoms with Gasteiger partial charge in [-0.2, -0.15) is 0 Å². The van der Waals surface area contributed by atoms with Crippen molar-refractivity contribution in [1.29, 1.82) is 0 Å². The lowest BCUT2D eigenvalue weighted by Crippen LogP contribution is -2.37. The molecule has 2 aromatic heterocycles. The maximum absolute atomic E-state index is 5.60. The van der Waals surface area contributed by atoms with Gasteiger partial charge >= 0.3 is 0 Å². The fraction of sp³-hybridized carbons (Fsp3) is 0.429. The molecule has 98 valence electrons. The Labute approximate surface area is 116 Å². The van der Waals surface area contributed by atoms with Crippen LogP contribution in [-0.2, 0) is 4.74 Å². The molecule has 0 spiro atoms. The second-order valence-corrected chi connectivity index (χ2v) is 5.43. The molecule has 4 nitrogen and oxygen atoms in total. The summed E-state index contributed by atoms with van der Waals surface area (Å²) in [5.74, 6) is 3.57. The Hall–Kier alpha value is -1.64. The third-order valence-electron chi connectivity index (χ3n) is 3.38. The SMILES string of the molecule is C#CCOC1CCN(c2ncnc3sccc23)CC1. The van der Waals surface area contributed by atoms with Crippen molar-refractivity contribution >= 4 is 27.4 Å². The van der Waals surface area contributed by atoms with Crippen LogP contribution in [-0.4, -0.2) is 35.8 Å². The molecule has 0 bridgehead atoms. The first kappa shape index (κ1) is 12.4. The summed E-state index contributed by atoms with van der Waals surface area (Å²) in [6, 6.07) is 2.09. The summed E-state index contributed by atoms with van der Waals surface area (Å²) < 4.78 is 5.60. The molecular weight excluding hydrogens is 258 g/mol. The summed E-state index contributed by atoms with van der Waals surface area (Å²) in [5.41, 5.74) is 0. The van der Waals surface area contributed by atoms with E-state index in [0.29, 0.717) is 6.61 Å². The van der Waals surface area contributed by atoms with Gasteiger partial charge in [0.05, 0.1) is 11.5 Å². The van der Waals surface area contributed by atoms with Crippen molar-refractivity contribution in [3.8, 4) is 12.3 Å². The van der Waals surface area contributed by atoms with Crippen LogP contribution < -0.4 is 4.90 Å². The van der Waals surface area contributed by atoms with Crippen LogP contribution in [0.5, 0.6) is 0 Å². The monoisotopic (exact) mass is 273 g/mol. The van der Waals surface area contributed by atoms with Gasteiger partial charge in [-0.25, -0.2) is 9.97 Å². The van der Waals surface area contributed by atoms with Gasteiger partial charge in [0, 0.05) is 13.1 Å². The predicted octanol–water partition coefficient (Wildman–Crippen LogP) is 2.31. The van der Waals surface area contributed by atoms with Crippen LogP contribution in [0.2, 0.25) is 0 Å². The average Bonchev–Trinajstić information content (AvgIpc) is 2.94. The minimum Gasteiger partial charge on any atom is -0.365 e. The van der Waals surface area contributed by atoms with E-state index in [1.807, 2.05) is 0 Å². The normalized spacial score (nSPS) is 16.7. The number of nitrogens with zero attached hydrogens (tertiary/aromatic N) is 3. The van der Waals surface area contributed by atoms with E-state index >= 15 is 0 Å². The number of fused-ring (bicyclic) bond motifs is 1. The van der Waals surface area contributed by atoms with Crippen molar-refractivity contribution in [2.45, 2.75) is 18.9 Å². The molecule has 1 aliphatic heterocycles. The van der Waals surface area contributed by atoms with Crippen LogP contribution in [0.15, 0.2) is 17.8 Å². The Morgan fingerprint density at radius 3 is 3.05 bits per heavy atom. The molecule has 19 heavy (non-hydrogen) atoms. The molecule has 1 aliphatic rings. The second kappa shape index (κ2) is 5.55. The first-order valence-electron chi connectivity index (χ1n) is 6.36. The third-order valence-corrected chi connectivity index (χ3v) is 4.21. The summed E-state index contributed by atoms with van der Waals surface area (Å²) in [6.45, 7) is 2.32. The lowest BCUT2D eigenvalue weighted by atomic mass is 10.1.